The van der Waals surface area contributed by atoms with Crippen LogP contribution in [-0.2, 0) is 5.54 Å². The molecule has 0 spiro atoms. The maximum Gasteiger partial charge on any atom is 0.280 e. The third kappa shape index (κ3) is 3.71. The van der Waals surface area contributed by atoms with E-state index in [1.807, 2.05) is 0 Å². The second-order valence-corrected chi connectivity index (χ2v) is 6.39. The number of ether oxygens (including phenoxy) is 1. The van der Waals surface area contributed by atoms with Crippen LogP contribution in [0.25, 0.3) is 0 Å². The molecule has 1 amide bonds. The SMILES string of the molecule is COc1cnc(C(=O)Nc2ccc(F)c([C@@]3(CF)N=C(N)CCC3(F)F)c2)cn1. The number of alkyl halides is 3. The predicted octanol–water partition coefficient (Wildman–Crippen LogP) is 2.83. The van der Waals surface area contributed by atoms with Crippen molar-refractivity contribution in [3.05, 3.63) is 47.7 Å². The van der Waals surface area contributed by atoms with Gasteiger partial charge >= 0.3 is 0 Å². The van der Waals surface area contributed by atoms with E-state index in [-0.39, 0.29) is 29.5 Å². The van der Waals surface area contributed by atoms with Gasteiger partial charge in [0, 0.05) is 24.1 Å². The lowest BCUT2D eigenvalue weighted by molar-refractivity contribution is -0.0959. The van der Waals surface area contributed by atoms with E-state index in [1.54, 1.807) is 0 Å². The van der Waals surface area contributed by atoms with E-state index in [4.69, 9.17) is 10.5 Å². The van der Waals surface area contributed by atoms with Gasteiger partial charge in [-0.05, 0) is 18.2 Å². The second-order valence-electron chi connectivity index (χ2n) is 6.39. The number of aromatic nitrogens is 2. The summed E-state index contributed by atoms with van der Waals surface area (Å²) in [7, 11) is 1.38. The molecule has 0 aliphatic carbocycles. The monoisotopic (exact) mass is 411 g/mol. The fourth-order valence-electron chi connectivity index (χ4n) is 2.99. The Morgan fingerprint density at radius 1 is 1.31 bits per heavy atom. The number of amides is 1. The van der Waals surface area contributed by atoms with E-state index >= 15 is 0 Å². The molecule has 1 aliphatic heterocycles. The summed E-state index contributed by atoms with van der Waals surface area (Å²) in [6, 6.07) is 2.91. The van der Waals surface area contributed by atoms with Crippen molar-refractivity contribution in [3.63, 3.8) is 0 Å². The van der Waals surface area contributed by atoms with E-state index in [0.717, 1.165) is 24.4 Å². The summed E-state index contributed by atoms with van der Waals surface area (Å²) in [5.74, 6) is -5.51. The van der Waals surface area contributed by atoms with E-state index < -0.39 is 41.8 Å². The zero-order chi connectivity index (χ0) is 21.2. The maximum absolute atomic E-state index is 14.6. The number of anilines is 1. The van der Waals surface area contributed by atoms with Gasteiger partial charge in [0.1, 0.15) is 18.2 Å². The van der Waals surface area contributed by atoms with E-state index in [2.05, 4.69) is 20.3 Å². The Bertz CT molecular complexity index is 952. The Hall–Kier alpha value is -3.24. The summed E-state index contributed by atoms with van der Waals surface area (Å²) in [5, 5.41) is 2.39. The molecule has 1 aliphatic rings. The van der Waals surface area contributed by atoms with Crippen molar-refractivity contribution in [1.82, 2.24) is 9.97 Å². The lowest BCUT2D eigenvalue weighted by Gasteiger charge is -2.39. The topological polar surface area (TPSA) is 102 Å². The van der Waals surface area contributed by atoms with E-state index in [1.165, 1.54) is 13.3 Å². The van der Waals surface area contributed by atoms with Gasteiger partial charge in [-0.25, -0.2) is 27.5 Å². The van der Waals surface area contributed by atoms with Crippen LogP contribution in [0.3, 0.4) is 0 Å². The lowest BCUT2D eigenvalue weighted by atomic mass is 9.80. The summed E-state index contributed by atoms with van der Waals surface area (Å²) >= 11 is 0. The fourth-order valence-corrected chi connectivity index (χ4v) is 2.99. The van der Waals surface area contributed by atoms with Crippen molar-refractivity contribution >= 4 is 17.4 Å². The summed E-state index contributed by atoms with van der Waals surface area (Å²) in [4.78, 5) is 23.6. The number of aliphatic imine (C=N–C) groups is 1. The minimum absolute atomic E-state index is 0.0491. The van der Waals surface area contributed by atoms with Crippen molar-refractivity contribution in [1.29, 1.82) is 0 Å². The number of carbonyl (C=O) groups is 1. The number of carbonyl (C=O) groups excluding carboxylic acids is 1. The van der Waals surface area contributed by atoms with Crippen molar-refractivity contribution in [2.45, 2.75) is 24.3 Å². The number of hydrogen-bond acceptors (Lipinski definition) is 6. The molecule has 3 N–H and O–H groups in total. The van der Waals surface area contributed by atoms with Crippen LogP contribution in [0.15, 0.2) is 35.6 Å². The average Bonchev–Trinajstić information content (AvgIpc) is 2.71. The maximum atomic E-state index is 14.6. The van der Waals surface area contributed by atoms with Crippen LogP contribution < -0.4 is 15.8 Å². The van der Waals surface area contributed by atoms with Gasteiger partial charge in [0.15, 0.2) is 5.54 Å². The zero-order valence-electron chi connectivity index (χ0n) is 15.3. The Kier molecular flexibility index (Phi) is 5.40. The molecule has 0 saturated heterocycles. The molecular formula is C18H17F4N5O2. The average molecular weight is 411 g/mol. The number of hydrogen-bond donors (Lipinski definition) is 2. The van der Waals surface area contributed by atoms with Crippen LogP contribution in [-0.4, -0.2) is 41.4 Å². The smallest absolute Gasteiger partial charge is 0.280 e. The number of nitrogens with two attached hydrogens (primary N) is 1. The third-order valence-corrected chi connectivity index (χ3v) is 4.57. The highest BCUT2D eigenvalue weighted by molar-refractivity contribution is 6.02. The highest BCUT2D eigenvalue weighted by Crippen LogP contribution is 2.48. The van der Waals surface area contributed by atoms with Gasteiger partial charge < -0.3 is 15.8 Å². The molecule has 0 saturated carbocycles. The molecule has 7 nitrogen and oxygen atoms in total. The number of rotatable bonds is 5. The summed E-state index contributed by atoms with van der Waals surface area (Å²) in [6.07, 6.45) is 1.34. The van der Waals surface area contributed by atoms with Crippen LogP contribution in [0.5, 0.6) is 5.88 Å². The lowest BCUT2D eigenvalue weighted by Crippen LogP contribution is -2.51. The first kappa shape index (κ1) is 20.5. The van der Waals surface area contributed by atoms with Crippen LogP contribution in [0, 0.1) is 5.82 Å². The van der Waals surface area contributed by atoms with Crippen LogP contribution in [0.4, 0.5) is 23.2 Å². The first-order chi connectivity index (χ1) is 13.7. The number of amidine groups is 1. The molecule has 1 atom stereocenters. The second kappa shape index (κ2) is 7.64. The quantitative estimate of drug-likeness (QED) is 0.737. The minimum atomic E-state index is -3.67. The van der Waals surface area contributed by atoms with E-state index in [0.29, 0.717) is 0 Å². The number of nitrogens with zero attached hydrogens (tertiary/aromatic N) is 3. The predicted molar refractivity (Wildman–Crippen MR) is 96.4 cm³/mol. The molecule has 3 rings (SSSR count). The normalized spacial score (nSPS) is 20.7. The van der Waals surface area contributed by atoms with Gasteiger partial charge in [-0.1, -0.05) is 0 Å². The van der Waals surface area contributed by atoms with Crippen molar-refractivity contribution in [2.24, 2.45) is 10.7 Å². The summed E-state index contributed by atoms with van der Waals surface area (Å²) < 4.78 is 62.4. The number of methoxy groups -OCH3 is 1. The Morgan fingerprint density at radius 2 is 2.07 bits per heavy atom. The molecule has 154 valence electrons. The summed E-state index contributed by atoms with van der Waals surface area (Å²) in [6.45, 7) is -1.67. The molecule has 2 aromatic rings. The number of benzene rings is 1. The van der Waals surface area contributed by atoms with Gasteiger partial charge in [0.2, 0.25) is 5.88 Å². The van der Waals surface area contributed by atoms with Crippen LogP contribution in [0.1, 0.15) is 28.9 Å². The molecule has 0 bridgehead atoms. The highest BCUT2D eigenvalue weighted by Gasteiger charge is 2.58. The molecule has 1 aromatic carbocycles. The van der Waals surface area contributed by atoms with E-state index in [9.17, 15) is 22.4 Å². The Labute approximate surface area is 163 Å². The van der Waals surface area contributed by atoms with Crippen LogP contribution in [0.2, 0.25) is 0 Å². The third-order valence-electron chi connectivity index (χ3n) is 4.57. The Morgan fingerprint density at radius 3 is 2.69 bits per heavy atom. The Balaban J connectivity index is 1.97. The molecule has 29 heavy (non-hydrogen) atoms. The van der Waals surface area contributed by atoms with Crippen LogP contribution >= 0.6 is 0 Å². The van der Waals surface area contributed by atoms with Crippen molar-refractivity contribution in [2.75, 3.05) is 19.1 Å². The molecule has 0 fully saturated rings. The molecule has 0 radical (unpaired) electrons. The highest BCUT2D eigenvalue weighted by atomic mass is 19.3. The molecule has 2 heterocycles. The standard InChI is InChI=1S/C18H17F4N5O2/c1-29-15-8-24-13(7-25-15)16(28)26-10-2-3-12(20)11(6-10)17(9-19)18(21,22)5-4-14(23)27-17/h2-3,6-8H,4-5,9H2,1H3,(H2,23,27)(H,26,28)/t17-/m1/s1. The van der Waals surface area contributed by atoms with Gasteiger partial charge in [-0.2, -0.15) is 0 Å². The molecule has 11 heteroatoms. The van der Waals surface area contributed by atoms with Gasteiger partial charge in [0.05, 0.1) is 25.3 Å². The van der Waals surface area contributed by atoms with Crippen molar-refractivity contribution < 1.29 is 27.1 Å². The zero-order valence-corrected chi connectivity index (χ0v) is 15.3. The molecular weight excluding hydrogens is 394 g/mol. The number of halogens is 4. The minimum Gasteiger partial charge on any atom is -0.480 e. The largest absolute Gasteiger partial charge is 0.480 e. The van der Waals surface area contributed by atoms with Gasteiger partial charge in [-0.15, -0.1) is 0 Å². The first-order valence-corrected chi connectivity index (χ1v) is 8.48. The number of nitrogens with one attached hydrogen (secondary N) is 1. The fraction of sp³-hybridized carbons (Fsp3) is 0.333. The molecule has 0 unspecified atom stereocenters. The van der Waals surface area contributed by atoms with Crippen molar-refractivity contribution in [3.8, 4) is 5.88 Å². The summed E-state index contributed by atoms with van der Waals surface area (Å²) in [5.41, 5.74) is 1.89. The molecule has 1 aromatic heterocycles. The van der Waals surface area contributed by atoms with Gasteiger partial charge in [0.25, 0.3) is 11.8 Å². The van der Waals surface area contributed by atoms with Gasteiger partial charge in [-0.3, -0.25) is 9.79 Å². The first-order valence-electron chi connectivity index (χ1n) is 8.48.